The molecule has 1 aromatic carbocycles. The van der Waals surface area contributed by atoms with Gasteiger partial charge in [-0.2, -0.15) is 4.68 Å². The Kier molecular flexibility index (Phi) is 5.07. The first-order valence-electron chi connectivity index (χ1n) is 7.29. The average Bonchev–Trinajstić information content (AvgIpc) is 3.23. The molecule has 24 heavy (non-hydrogen) atoms. The van der Waals surface area contributed by atoms with Crippen LogP contribution in [0.15, 0.2) is 57.1 Å². The van der Waals surface area contributed by atoms with Gasteiger partial charge >= 0.3 is 5.76 Å². The molecule has 0 saturated carbocycles. The summed E-state index contributed by atoms with van der Waals surface area (Å²) in [7, 11) is 0. The molecule has 0 saturated heterocycles. The molecule has 1 amide bonds. The minimum atomic E-state index is -0.658. The first kappa shape index (κ1) is 16.0. The molecule has 0 spiro atoms. The maximum absolute atomic E-state index is 11.9. The number of hydrogen-bond acceptors (Lipinski definition) is 6. The Morgan fingerprint density at radius 3 is 2.83 bits per heavy atom. The number of carbonyl (C=O) groups is 1. The van der Waals surface area contributed by atoms with Crippen molar-refractivity contribution < 1.29 is 13.9 Å². The number of para-hydroxylation sites is 1. The fraction of sp³-hybridized carbons (Fsp3) is 0.188. The molecule has 2 heterocycles. The second-order valence-corrected chi connectivity index (χ2v) is 5.77. The fourth-order valence-electron chi connectivity index (χ4n) is 1.97. The lowest BCUT2D eigenvalue weighted by Gasteiger charge is -2.07. The lowest BCUT2D eigenvalue weighted by Crippen LogP contribution is -2.33. The van der Waals surface area contributed by atoms with Crippen molar-refractivity contribution in [3.63, 3.8) is 0 Å². The standard InChI is InChI=1S/C16H15N3O4S/c20-14(17-8-9-22-12-5-2-1-3-6-12)11-19-16(21)23-15(18-19)13-7-4-10-24-13/h1-7,10H,8-9,11H2,(H,17,20). The van der Waals surface area contributed by atoms with Crippen LogP contribution in [-0.2, 0) is 11.3 Å². The predicted octanol–water partition coefficient (Wildman–Crippen LogP) is 1.76. The van der Waals surface area contributed by atoms with E-state index in [1.165, 1.54) is 11.3 Å². The number of amides is 1. The number of nitrogens with one attached hydrogen (secondary N) is 1. The number of hydrogen-bond donors (Lipinski definition) is 1. The average molecular weight is 345 g/mol. The fourth-order valence-corrected chi connectivity index (χ4v) is 2.62. The van der Waals surface area contributed by atoms with E-state index in [1.54, 1.807) is 6.07 Å². The molecule has 0 aliphatic heterocycles. The summed E-state index contributed by atoms with van der Waals surface area (Å²) in [5, 5.41) is 8.55. The molecular weight excluding hydrogens is 330 g/mol. The van der Waals surface area contributed by atoms with Crippen LogP contribution in [0.3, 0.4) is 0 Å². The summed E-state index contributed by atoms with van der Waals surface area (Å²) in [6.45, 7) is 0.473. The quantitative estimate of drug-likeness (QED) is 0.660. The molecule has 2 aromatic heterocycles. The molecular formula is C16H15N3O4S. The third kappa shape index (κ3) is 4.11. The summed E-state index contributed by atoms with van der Waals surface area (Å²) in [6.07, 6.45) is 0. The third-order valence-corrected chi connectivity index (χ3v) is 3.93. The van der Waals surface area contributed by atoms with Gasteiger partial charge in [0.2, 0.25) is 5.91 Å². The zero-order valence-electron chi connectivity index (χ0n) is 12.7. The lowest BCUT2D eigenvalue weighted by atomic mass is 10.3. The van der Waals surface area contributed by atoms with Crippen LogP contribution in [0.25, 0.3) is 10.8 Å². The number of benzene rings is 1. The van der Waals surface area contributed by atoms with E-state index in [0.29, 0.717) is 13.2 Å². The van der Waals surface area contributed by atoms with Gasteiger partial charge in [-0.15, -0.1) is 16.4 Å². The molecule has 3 aromatic rings. The molecule has 0 bridgehead atoms. The summed E-state index contributed by atoms with van der Waals surface area (Å²) in [5.41, 5.74) is 0. The van der Waals surface area contributed by atoms with Crippen molar-refractivity contribution in [3.05, 3.63) is 58.4 Å². The molecule has 0 radical (unpaired) electrons. The molecule has 0 aliphatic carbocycles. The van der Waals surface area contributed by atoms with Gasteiger partial charge in [0, 0.05) is 0 Å². The molecule has 124 valence electrons. The topological polar surface area (TPSA) is 86.4 Å². The van der Waals surface area contributed by atoms with Crippen molar-refractivity contribution in [2.45, 2.75) is 6.54 Å². The minimum Gasteiger partial charge on any atom is -0.492 e. The number of carbonyl (C=O) groups excluding carboxylic acids is 1. The Morgan fingerprint density at radius 2 is 2.08 bits per heavy atom. The van der Waals surface area contributed by atoms with Gasteiger partial charge in [-0.25, -0.2) is 4.79 Å². The van der Waals surface area contributed by atoms with E-state index in [2.05, 4.69) is 10.4 Å². The molecule has 1 N–H and O–H groups in total. The minimum absolute atomic E-state index is 0.195. The zero-order chi connectivity index (χ0) is 16.8. The highest BCUT2D eigenvalue weighted by atomic mass is 32.1. The Morgan fingerprint density at radius 1 is 1.25 bits per heavy atom. The van der Waals surface area contributed by atoms with Crippen LogP contribution in [0.5, 0.6) is 5.75 Å². The van der Waals surface area contributed by atoms with E-state index in [-0.39, 0.29) is 18.3 Å². The van der Waals surface area contributed by atoms with Gasteiger partial charge < -0.3 is 14.5 Å². The molecule has 3 rings (SSSR count). The largest absolute Gasteiger partial charge is 0.492 e. The van der Waals surface area contributed by atoms with Crippen LogP contribution >= 0.6 is 11.3 Å². The van der Waals surface area contributed by atoms with Gasteiger partial charge in [0.05, 0.1) is 11.4 Å². The Labute approximate surface area is 141 Å². The van der Waals surface area contributed by atoms with Crippen molar-refractivity contribution in [1.82, 2.24) is 15.1 Å². The highest BCUT2D eigenvalue weighted by Gasteiger charge is 2.13. The van der Waals surface area contributed by atoms with E-state index in [4.69, 9.17) is 9.15 Å². The highest BCUT2D eigenvalue weighted by molar-refractivity contribution is 7.13. The molecule has 7 nitrogen and oxygen atoms in total. The second-order valence-electron chi connectivity index (χ2n) is 4.82. The van der Waals surface area contributed by atoms with Crippen molar-refractivity contribution in [1.29, 1.82) is 0 Å². The maximum Gasteiger partial charge on any atom is 0.437 e. The van der Waals surface area contributed by atoms with E-state index < -0.39 is 5.76 Å². The predicted molar refractivity (Wildman–Crippen MR) is 89.0 cm³/mol. The normalized spacial score (nSPS) is 10.5. The maximum atomic E-state index is 11.9. The van der Waals surface area contributed by atoms with Crippen molar-refractivity contribution >= 4 is 17.2 Å². The second kappa shape index (κ2) is 7.60. The number of nitrogens with zero attached hydrogens (tertiary/aromatic N) is 2. The highest BCUT2D eigenvalue weighted by Crippen LogP contribution is 2.20. The van der Waals surface area contributed by atoms with Gasteiger partial charge in [0.25, 0.3) is 5.89 Å². The SMILES string of the molecule is O=C(Cn1nc(-c2cccs2)oc1=O)NCCOc1ccccc1. The first-order chi connectivity index (χ1) is 11.7. The van der Waals surface area contributed by atoms with Crippen LogP contribution in [0.1, 0.15) is 0 Å². The Hall–Kier alpha value is -2.87. The van der Waals surface area contributed by atoms with Crippen molar-refractivity contribution in [2.75, 3.05) is 13.2 Å². The van der Waals surface area contributed by atoms with Crippen LogP contribution in [0.4, 0.5) is 0 Å². The van der Waals surface area contributed by atoms with Crippen LogP contribution < -0.4 is 15.8 Å². The lowest BCUT2D eigenvalue weighted by molar-refractivity contribution is -0.122. The summed E-state index contributed by atoms with van der Waals surface area (Å²) in [6, 6.07) is 12.9. The van der Waals surface area contributed by atoms with Crippen LogP contribution in [-0.4, -0.2) is 28.8 Å². The van der Waals surface area contributed by atoms with Crippen LogP contribution in [0.2, 0.25) is 0 Å². The van der Waals surface area contributed by atoms with Gasteiger partial charge in [-0.3, -0.25) is 4.79 Å². The van der Waals surface area contributed by atoms with Gasteiger partial charge in [0.1, 0.15) is 18.9 Å². The summed E-state index contributed by atoms with van der Waals surface area (Å²) < 4.78 is 11.5. The number of aromatic nitrogens is 2. The number of ether oxygens (including phenoxy) is 1. The third-order valence-electron chi connectivity index (χ3n) is 3.07. The number of rotatable bonds is 7. The molecule has 0 aliphatic rings. The molecule has 0 atom stereocenters. The van der Waals surface area contributed by atoms with Gasteiger partial charge in [-0.1, -0.05) is 24.3 Å². The molecule has 8 heteroatoms. The van der Waals surface area contributed by atoms with E-state index in [0.717, 1.165) is 15.3 Å². The van der Waals surface area contributed by atoms with E-state index in [1.807, 2.05) is 41.8 Å². The molecule has 0 unspecified atom stereocenters. The summed E-state index contributed by atoms with van der Waals surface area (Å²) >= 11 is 1.41. The summed E-state index contributed by atoms with van der Waals surface area (Å²) in [4.78, 5) is 24.3. The monoisotopic (exact) mass is 345 g/mol. The van der Waals surface area contributed by atoms with Crippen molar-refractivity contribution in [2.24, 2.45) is 0 Å². The first-order valence-corrected chi connectivity index (χ1v) is 8.17. The van der Waals surface area contributed by atoms with Gasteiger partial charge in [-0.05, 0) is 23.6 Å². The zero-order valence-corrected chi connectivity index (χ0v) is 13.5. The number of thiophene rings is 1. The Bertz CT molecular complexity index is 840. The van der Waals surface area contributed by atoms with Crippen molar-refractivity contribution in [3.8, 4) is 16.5 Å². The Balaban J connectivity index is 1.48. The van der Waals surface area contributed by atoms with Crippen LogP contribution in [0, 0.1) is 0 Å². The van der Waals surface area contributed by atoms with E-state index >= 15 is 0 Å². The summed E-state index contributed by atoms with van der Waals surface area (Å²) in [5.74, 6) is -0.0378. The smallest absolute Gasteiger partial charge is 0.437 e. The molecule has 0 fully saturated rings. The van der Waals surface area contributed by atoms with Gasteiger partial charge in [0.15, 0.2) is 0 Å². The van der Waals surface area contributed by atoms with E-state index in [9.17, 15) is 9.59 Å².